The van der Waals surface area contributed by atoms with Crippen LogP contribution in [0.5, 0.6) is 0 Å². The Kier molecular flexibility index (Phi) is 6.66. The van der Waals surface area contributed by atoms with Gasteiger partial charge in [-0.15, -0.1) is 0 Å². The summed E-state index contributed by atoms with van der Waals surface area (Å²) in [5.74, 6) is 0. The summed E-state index contributed by atoms with van der Waals surface area (Å²) in [5, 5.41) is 10.1. The lowest BCUT2D eigenvalue weighted by Gasteiger charge is -2.28. The molecule has 1 aromatic heterocycles. The molecule has 0 aliphatic heterocycles. The maximum atomic E-state index is 2.49. The minimum Gasteiger partial charge on any atom is -0.310 e. The van der Waals surface area contributed by atoms with Crippen molar-refractivity contribution in [2.75, 3.05) is 4.90 Å². The molecule has 11 aromatic rings. The highest BCUT2D eigenvalue weighted by molar-refractivity contribution is 6.26. The first-order valence-corrected chi connectivity index (χ1v) is 19.4. The van der Waals surface area contributed by atoms with Crippen LogP contribution in [0.2, 0.25) is 0 Å². The molecule has 0 radical (unpaired) electrons. The number of fused-ring (bicyclic) bond motifs is 9. The van der Waals surface area contributed by atoms with Gasteiger partial charge in [-0.2, -0.15) is 0 Å². The summed E-state index contributed by atoms with van der Waals surface area (Å²) in [6.07, 6.45) is 0. The molecule has 0 amide bonds. The van der Waals surface area contributed by atoms with Crippen molar-refractivity contribution in [3.8, 4) is 39.1 Å². The lowest BCUT2D eigenvalue weighted by Crippen LogP contribution is -2.11. The van der Waals surface area contributed by atoms with Crippen LogP contribution in [0.25, 0.3) is 93.2 Å². The first-order valence-electron chi connectivity index (χ1n) is 19.4. The van der Waals surface area contributed by atoms with E-state index in [4.69, 9.17) is 0 Å². The molecule has 1 heterocycles. The van der Waals surface area contributed by atoms with Crippen molar-refractivity contribution in [3.05, 3.63) is 206 Å². The van der Waals surface area contributed by atoms with Gasteiger partial charge in [0, 0.05) is 33.3 Å². The van der Waals surface area contributed by atoms with Crippen LogP contribution in [0.3, 0.4) is 0 Å². The zero-order valence-electron chi connectivity index (χ0n) is 30.5. The van der Waals surface area contributed by atoms with Gasteiger partial charge in [0.25, 0.3) is 0 Å². The fourth-order valence-corrected chi connectivity index (χ4v) is 9.46. The van der Waals surface area contributed by atoms with Gasteiger partial charge >= 0.3 is 0 Å². The fraction of sp³-hybridized carbons (Fsp3) is 0. The van der Waals surface area contributed by atoms with Gasteiger partial charge in [0.2, 0.25) is 0 Å². The highest BCUT2D eigenvalue weighted by atomic mass is 15.1. The van der Waals surface area contributed by atoms with E-state index in [2.05, 4.69) is 216 Å². The lowest BCUT2D eigenvalue weighted by molar-refractivity contribution is 1.18. The van der Waals surface area contributed by atoms with Crippen LogP contribution in [0.15, 0.2) is 206 Å². The maximum absolute atomic E-state index is 2.49. The van der Waals surface area contributed by atoms with E-state index in [1.54, 1.807) is 0 Å². The number of anilines is 3. The van der Waals surface area contributed by atoms with Crippen molar-refractivity contribution in [3.63, 3.8) is 0 Å². The summed E-state index contributed by atoms with van der Waals surface area (Å²) in [6, 6.07) is 75.8. The number of benzene rings is 10. The van der Waals surface area contributed by atoms with E-state index in [1.807, 2.05) is 0 Å². The van der Waals surface area contributed by atoms with E-state index < -0.39 is 0 Å². The molecule has 0 saturated heterocycles. The van der Waals surface area contributed by atoms with Gasteiger partial charge in [0.05, 0.1) is 22.4 Å². The second-order valence-corrected chi connectivity index (χ2v) is 14.9. The highest BCUT2D eigenvalue weighted by Crippen LogP contribution is 2.55. The van der Waals surface area contributed by atoms with Crippen LogP contribution < -0.4 is 4.90 Å². The van der Waals surface area contributed by atoms with Crippen molar-refractivity contribution in [2.24, 2.45) is 0 Å². The van der Waals surface area contributed by atoms with Crippen LogP contribution in [-0.4, -0.2) is 4.57 Å². The molecule has 0 unspecified atom stereocenters. The standard InChI is InChI=1S/C54H34N2/c1-2-15-36(16-3-1)42-20-8-10-25-48(42)56-49-26-11-9-22-44(49)45-31-30-41(34-51(45)56)55(40-29-28-35-14-4-5-17-37(35)33-40)50-27-13-24-47-53(50)46-23-12-19-39-32-38-18-6-7-21-43(38)54(47)52(39)46/h1-34H. The van der Waals surface area contributed by atoms with E-state index in [0.717, 1.165) is 22.7 Å². The predicted molar refractivity (Wildman–Crippen MR) is 238 cm³/mol. The molecular weight excluding hydrogens is 677 g/mol. The molecule has 56 heavy (non-hydrogen) atoms. The Labute approximate surface area is 324 Å². The lowest BCUT2D eigenvalue weighted by atomic mass is 9.96. The molecule has 0 bridgehead atoms. The quantitative estimate of drug-likeness (QED) is 0.161. The molecule has 10 aromatic carbocycles. The van der Waals surface area contributed by atoms with E-state index in [-0.39, 0.29) is 0 Å². The average molecular weight is 711 g/mol. The predicted octanol–water partition coefficient (Wildman–Crippen LogP) is 15.0. The Hall–Kier alpha value is -7.42. The highest BCUT2D eigenvalue weighted by Gasteiger charge is 2.29. The summed E-state index contributed by atoms with van der Waals surface area (Å²) in [4.78, 5) is 2.49. The number of aromatic nitrogens is 1. The molecule has 0 N–H and O–H groups in total. The number of hydrogen-bond donors (Lipinski definition) is 0. The van der Waals surface area contributed by atoms with Crippen LogP contribution in [0.1, 0.15) is 0 Å². The molecule has 260 valence electrons. The Morgan fingerprint density at radius 3 is 1.89 bits per heavy atom. The summed E-state index contributed by atoms with van der Waals surface area (Å²) in [7, 11) is 0. The number of rotatable bonds is 5. The number of hydrogen-bond acceptors (Lipinski definition) is 1. The summed E-state index contributed by atoms with van der Waals surface area (Å²) in [5.41, 5.74) is 14.5. The molecule has 1 aliphatic rings. The third-order valence-electron chi connectivity index (χ3n) is 11.8. The number of para-hydroxylation sites is 2. The Morgan fingerprint density at radius 1 is 0.339 bits per heavy atom. The van der Waals surface area contributed by atoms with Gasteiger partial charge < -0.3 is 9.47 Å². The van der Waals surface area contributed by atoms with Crippen molar-refractivity contribution in [1.82, 2.24) is 4.57 Å². The monoisotopic (exact) mass is 710 g/mol. The summed E-state index contributed by atoms with van der Waals surface area (Å²) in [6.45, 7) is 0. The van der Waals surface area contributed by atoms with Gasteiger partial charge in [0.1, 0.15) is 0 Å². The molecule has 0 saturated carbocycles. The van der Waals surface area contributed by atoms with Gasteiger partial charge in [0.15, 0.2) is 0 Å². The topological polar surface area (TPSA) is 8.17 Å². The Morgan fingerprint density at radius 2 is 0.982 bits per heavy atom. The smallest absolute Gasteiger partial charge is 0.0562 e. The van der Waals surface area contributed by atoms with Crippen molar-refractivity contribution < 1.29 is 0 Å². The summed E-state index contributed by atoms with van der Waals surface area (Å²) >= 11 is 0. The van der Waals surface area contributed by atoms with Crippen LogP contribution in [0, 0.1) is 0 Å². The molecule has 12 rings (SSSR count). The van der Waals surface area contributed by atoms with Crippen LogP contribution in [0.4, 0.5) is 17.1 Å². The summed E-state index contributed by atoms with van der Waals surface area (Å²) < 4.78 is 2.47. The zero-order valence-corrected chi connectivity index (χ0v) is 30.5. The van der Waals surface area contributed by atoms with Crippen molar-refractivity contribution >= 4 is 71.2 Å². The third-order valence-corrected chi connectivity index (χ3v) is 11.8. The normalized spacial score (nSPS) is 11.9. The van der Waals surface area contributed by atoms with Gasteiger partial charge in [-0.3, -0.25) is 0 Å². The Balaban J connectivity index is 1.16. The van der Waals surface area contributed by atoms with Crippen LogP contribution >= 0.6 is 0 Å². The maximum Gasteiger partial charge on any atom is 0.0562 e. The first kappa shape index (κ1) is 31.0. The van der Waals surface area contributed by atoms with E-state index in [9.17, 15) is 0 Å². The molecule has 1 aliphatic carbocycles. The minimum absolute atomic E-state index is 1.11. The van der Waals surface area contributed by atoms with E-state index in [0.29, 0.717) is 0 Å². The largest absolute Gasteiger partial charge is 0.310 e. The molecule has 2 heteroatoms. The number of nitrogens with zero attached hydrogens (tertiary/aromatic N) is 2. The van der Waals surface area contributed by atoms with E-state index >= 15 is 0 Å². The van der Waals surface area contributed by atoms with E-state index in [1.165, 1.54) is 87.5 Å². The molecule has 0 fully saturated rings. The minimum atomic E-state index is 1.11. The Bertz CT molecular complexity index is 3370. The van der Waals surface area contributed by atoms with Crippen molar-refractivity contribution in [1.29, 1.82) is 0 Å². The first-order chi connectivity index (χ1) is 27.8. The van der Waals surface area contributed by atoms with Gasteiger partial charge in [-0.05, 0) is 103 Å². The van der Waals surface area contributed by atoms with Crippen LogP contribution in [-0.2, 0) is 0 Å². The molecular formula is C54H34N2. The third kappa shape index (κ3) is 4.50. The molecule has 0 atom stereocenters. The SMILES string of the molecule is c1ccc(-c2ccccc2-n2c3ccccc3c3ccc(N(c4ccc5ccccc5c4)c4cccc5c4-c4cccc6cc7ccccc7c-5c46)cc32)cc1. The molecule has 0 spiro atoms. The van der Waals surface area contributed by atoms with Crippen molar-refractivity contribution in [2.45, 2.75) is 0 Å². The second kappa shape index (κ2) is 12.0. The van der Waals surface area contributed by atoms with Gasteiger partial charge in [-0.25, -0.2) is 0 Å². The fourth-order valence-electron chi connectivity index (χ4n) is 9.46. The second-order valence-electron chi connectivity index (χ2n) is 14.9. The zero-order chi connectivity index (χ0) is 36.7. The molecule has 2 nitrogen and oxygen atoms in total. The van der Waals surface area contributed by atoms with Gasteiger partial charge in [-0.1, -0.05) is 158 Å². The average Bonchev–Trinajstić information content (AvgIpc) is 3.78.